The third kappa shape index (κ3) is 4.78. The zero-order valence-electron chi connectivity index (χ0n) is 17.2. The van der Waals surface area contributed by atoms with Gasteiger partial charge in [-0.2, -0.15) is 5.26 Å². The van der Waals surface area contributed by atoms with E-state index in [4.69, 9.17) is 10.2 Å². The minimum Gasteiger partial charge on any atom is -0.353 e. The molecule has 0 radical (unpaired) electrons. The lowest BCUT2D eigenvalue weighted by molar-refractivity contribution is 0.0634. The van der Waals surface area contributed by atoms with Crippen molar-refractivity contribution in [3.8, 4) is 6.07 Å². The number of hydrogen-bond acceptors (Lipinski definition) is 6. The molecule has 1 N–H and O–H groups in total. The highest BCUT2D eigenvalue weighted by atomic mass is 16.2. The predicted molar refractivity (Wildman–Crippen MR) is 116 cm³/mol. The molecular weight excluding hydrogens is 376 g/mol. The Kier molecular flexibility index (Phi) is 6.57. The van der Waals surface area contributed by atoms with Gasteiger partial charge in [0.15, 0.2) is 0 Å². The Morgan fingerprint density at radius 3 is 2.63 bits per heavy atom. The molecule has 4 rings (SSSR count). The van der Waals surface area contributed by atoms with E-state index in [1.807, 2.05) is 29.2 Å². The number of nitriles is 1. The number of pyridine rings is 1. The van der Waals surface area contributed by atoms with Crippen molar-refractivity contribution in [3.05, 3.63) is 59.8 Å². The average Bonchev–Trinajstić information content (AvgIpc) is 2.83. The number of carbonyl (C=O) groups excluding carboxylic acids is 1. The molecule has 3 heterocycles. The highest BCUT2D eigenvalue weighted by Gasteiger charge is 2.25. The Morgan fingerprint density at radius 1 is 1.07 bits per heavy atom. The van der Waals surface area contributed by atoms with Crippen LogP contribution in [0.25, 0.3) is 0 Å². The standard InChI is InChI=1S/C23H28N6O/c24-10-5-12-27-14-16-28(17-15-27)23(30)20-8-4-9-22(26-20)29-13-11-25-21(18-29)19-6-2-1-3-7-19/h1-4,6-9,21,25H,5,11-18H2. The molecule has 30 heavy (non-hydrogen) atoms. The van der Waals surface area contributed by atoms with Gasteiger partial charge in [-0.3, -0.25) is 9.69 Å². The van der Waals surface area contributed by atoms with Crippen molar-refractivity contribution in [2.75, 3.05) is 57.3 Å². The van der Waals surface area contributed by atoms with Crippen molar-refractivity contribution in [2.45, 2.75) is 12.5 Å². The van der Waals surface area contributed by atoms with E-state index >= 15 is 0 Å². The molecular formula is C23H28N6O. The van der Waals surface area contributed by atoms with Gasteiger partial charge in [-0.05, 0) is 17.7 Å². The number of rotatable bonds is 5. The Bertz CT molecular complexity index is 888. The topological polar surface area (TPSA) is 75.5 Å². The van der Waals surface area contributed by atoms with E-state index in [9.17, 15) is 4.79 Å². The number of nitrogens with one attached hydrogen (secondary N) is 1. The summed E-state index contributed by atoms with van der Waals surface area (Å²) in [5.74, 6) is 0.850. The normalized spacial score (nSPS) is 20.0. The molecule has 156 valence electrons. The van der Waals surface area contributed by atoms with Crippen LogP contribution >= 0.6 is 0 Å². The van der Waals surface area contributed by atoms with Gasteiger partial charge < -0.3 is 15.1 Å². The van der Waals surface area contributed by atoms with E-state index in [0.29, 0.717) is 25.2 Å². The first-order valence-corrected chi connectivity index (χ1v) is 10.6. The molecule has 1 unspecified atom stereocenters. The van der Waals surface area contributed by atoms with Gasteiger partial charge in [-0.25, -0.2) is 4.98 Å². The van der Waals surface area contributed by atoms with Crippen molar-refractivity contribution < 1.29 is 4.79 Å². The summed E-state index contributed by atoms with van der Waals surface area (Å²) in [6, 6.07) is 18.6. The molecule has 1 aromatic carbocycles. The molecule has 0 aliphatic carbocycles. The molecule has 2 saturated heterocycles. The third-order valence-electron chi connectivity index (χ3n) is 5.85. The van der Waals surface area contributed by atoms with Crippen molar-refractivity contribution >= 4 is 11.7 Å². The number of aromatic nitrogens is 1. The van der Waals surface area contributed by atoms with Gasteiger partial charge in [0.05, 0.1) is 6.07 Å². The van der Waals surface area contributed by atoms with Crippen LogP contribution in [0.5, 0.6) is 0 Å². The Hall–Kier alpha value is -2.95. The van der Waals surface area contributed by atoms with Gasteiger partial charge >= 0.3 is 0 Å². The Morgan fingerprint density at radius 2 is 1.87 bits per heavy atom. The molecule has 2 aliphatic rings. The van der Waals surface area contributed by atoms with E-state index in [0.717, 1.165) is 45.1 Å². The van der Waals surface area contributed by atoms with Crippen LogP contribution in [0.1, 0.15) is 28.5 Å². The third-order valence-corrected chi connectivity index (χ3v) is 5.85. The molecule has 1 amide bonds. The molecule has 0 bridgehead atoms. The lowest BCUT2D eigenvalue weighted by atomic mass is 10.0. The first kappa shape index (κ1) is 20.3. The number of carbonyl (C=O) groups is 1. The highest BCUT2D eigenvalue weighted by Crippen LogP contribution is 2.21. The van der Waals surface area contributed by atoms with Gasteiger partial charge in [-0.1, -0.05) is 36.4 Å². The second-order valence-corrected chi connectivity index (χ2v) is 7.79. The quantitative estimate of drug-likeness (QED) is 0.821. The lowest BCUT2D eigenvalue weighted by Gasteiger charge is -2.35. The number of amides is 1. The van der Waals surface area contributed by atoms with Crippen molar-refractivity contribution in [1.29, 1.82) is 5.26 Å². The van der Waals surface area contributed by atoms with Gasteiger partial charge in [0, 0.05) is 64.8 Å². The first-order chi connectivity index (χ1) is 14.7. The largest absolute Gasteiger partial charge is 0.353 e. The van der Waals surface area contributed by atoms with Crippen LogP contribution in [0, 0.1) is 11.3 Å². The summed E-state index contributed by atoms with van der Waals surface area (Å²) in [6.07, 6.45) is 0.534. The van der Waals surface area contributed by atoms with E-state index in [1.165, 1.54) is 5.56 Å². The Balaban J connectivity index is 1.40. The summed E-state index contributed by atoms with van der Waals surface area (Å²) in [5, 5.41) is 12.3. The molecule has 7 nitrogen and oxygen atoms in total. The zero-order valence-corrected chi connectivity index (χ0v) is 17.2. The fourth-order valence-electron chi connectivity index (χ4n) is 4.13. The molecule has 0 spiro atoms. The fourth-order valence-corrected chi connectivity index (χ4v) is 4.13. The van der Waals surface area contributed by atoms with Crippen LogP contribution in [0.4, 0.5) is 5.82 Å². The average molecular weight is 405 g/mol. The van der Waals surface area contributed by atoms with Crippen molar-refractivity contribution in [2.24, 2.45) is 0 Å². The second kappa shape index (κ2) is 9.70. The van der Waals surface area contributed by atoms with Gasteiger partial charge in [0.1, 0.15) is 11.5 Å². The van der Waals surface area contributed by atoms with E-state index < -0.39 is 0 Å². The molecule has 1 aromatic heterocycles. The number of hydrogen-bond donors (Lipinski definition) is 1. The summed E-state index contributed by atoms with van der Waals surface area (Å²) < 4.78 is 0. The molecule has 0 saturated carbocycles. The van der Waals surface area contributed by atoms with Crippen LogP contribution in [0.2, 0.25) is 0 Å². The minimum atomic E-state index is -0.00785. The van der Waals surface area contributed by atoms with E-state index in [2.05, 4.69) is 45.5 Å². The maximum absolute atomic E-state index is 13.0. The van der Waals surface area contributed by atoms with Crippen LogP contribution in [0.3, 0.4) is 0 Å². The summed E-state index contributed by atoms with van der Waals surface area (Å²) in [6.45, 7) is 6.33. The highest BCUT2D eigenvalue weighted by molar-refractivity contribution is 5.92. The zero-order chi connectivity index (χ0) is 20.8. The van der Waals surface area contributed by atoms with Gasteiger partial charge in [0.25, 0.3) is 5.91 Å². The maximum atomic E-state index is 13.0. The monoisotopic (exact) mass is 404 g/mol. The predicted octanol–water partition coefficient (Wildman–Crippen LogP) is 1.90. The number of piperazine rings is 2. The summed E-state index contributed by atoms with van der Waals surface area (Å²) >= 11 is 0. The molecule has 2 fully saturated rings. The fraction of sp³-hybridized carbons (Fsp3) is 0.435. The van der Waals surface area contributed by atoms with E-state index in [1.54, 1.807) is 0 Å². The molecule has 7 heteroatoms. The van der Waals surface area contributed by atoms with Crippen LogP contribution in [0.15, 0.2) is 48.5 Å². The van der Waals surface area contributed by atoms with Crippen molar-refractivity contribution in [3.63, 3.8) is 0 Å². The van der Waals surface area contributed by atoms with Gasteiger partial charge in [-0.15, -0.1) is 0 Å². The van der Waals surface area contributed by atoms with Crippen LogP contribution in [-0.2, 0) is 0 Å². The lowest BCUT2D eigenvalue weighted by Crippen LogP contribution is -2.49. The summed E-state index contributed by atoms with van der Waals surface area (Å²) in [5.41, 5.74) is 1.77. The number of anilines is 1. The minimum absolute atomic E-state index is 0.00785. The number of nitrogens with zero attached hydrogens (tertiary/aromatic N) is 5. The SMILES string of the molecule is N#CCCN1CCN(C(=O)c2cccc(N3CCNC(c4ccccc4)C3)n2)CC1. The van der Waals surface area contributed by atoms with Crippen molar-refractivity contribution in [1.82, 2.24) is 20.1 Å². The van der Waals surface area contributed by atoms with Crippen LogP contribution in [-0.4, -0.2) is 73.0 Å². The number of benzene rings is 1. The van der Waals surface area contributed by atoms with Crippen LogP contribution < -0.4 is 10.2 Å². The molecule has 2 aliphatic heterocycles. The Labute approximate surface area is 177 Å². The smallest absolute Gasteiger partial charge is 0.272 e. The molecule has 1 atom stereocenters. The molecule has 2 aromatic rings. The summed E-state index contributed by atoms with van der Waals surface area (Å²) in [7, 11) is 0. The first-order valence-electron chi connectivity index (χ1n) is 10.6. The summed E-state index contributed by atoms with van der Waals surface area (Å²) in [4.78, 5) is 24.1. The van der Waals surface area contributed by atoms with E-state index in [-0.39, 0.29) is 11.9 Å². The van der Waals surface area contributed by atoms with Gasteiger partial charge in [0.2, 0.25) is 0 Å². The second-order valence-electron chi connectivity index (χ2n) is 7.79. The maximum Gasteiger partial charge on any atom is 0.272 e.